The first-order chi connectivity index (χ1) is 13.8. The van der Waals surface area contributed by atoms with Gasteiger partial charge in [0, 0.05) is 43.9 Å². The molecule has 0 aliphatic carbocycles. The summed E-state index contributed by atoms with van der Waals surface area (Å²) in [6.07, 6.45) is 11.7. The van der Waals surface area contributed by atoms with Gasteiger partial charge in [-0.1, -0.05) is 0 Å². The van der Waals surface area contributed by atoms with Crippen molar-refractivity contribution in [2.45, 2.75) is 44.8 Å². The lowest BCUT2D eigenvalue weighted by Crippen LogP contribution is -2.50. The highest BCUT2D eigenvalue weighted by Gasteiger charge is 2.31. The largest absolute Gasteiger partial charge is 0.349 e. The third-order valence-corrected chi connectivity index (χ3v) is 6.04. The van der Waals surface area contributed by atoms with Gasteiger partial charge >= 0.3 is 0 Å². The third-order valence-electron chi connectivity index (χ3n) is 6.04. The van der Waals surface area contributed by atoms with E-state index in [4.69, 9.17) is 0 Å². The van der Waals surface area contributed by atoms with E-state index in [-0.39, 0.29) is 11.8 Å². The summed E-state index contributed by atoms with van der Waals surface area (Å²) < 4.78 is 0. The molecule has 2 aromatic rings. The molecule has 2 aliphatic heterocycles. The molecular formula is C21H30N6O. The van der Waals surface area contributed by atoms with Crippen LogP contribution in [0.2, 0.25) is 0 Å². The van der Waals surface area contributed by atoms with Crippen LogP contribution < -0.4 is 5.32 Å². The van der Waals surface area contributed by atoms with Crippen LogP contribution in [-0.4, -0.2) is 62.9 Å². The molecule has 0 bridgehead atoms. The zero-order valence-corrected chi connectivity index (χ0v) is 16.4. The average molecular weight is 383 g/mol. The Morgan fingerprint density at radius 2 is 1.96 bits per heavy atom. The Morgan fingerprint density at radius 3 is 2.71 bits per heavy atom. The number of hydrogen-bond donors (Lipinski definition) is 2. The summed E-state index contributed by atoms with van der Waals surface area (Å²) in [4.78, 5) is 29.0. The second-order valence-corrected chi connectivity index (χ2v) is 7.95. The normalized spacial score (nSPS) is 22.2. The molecule has 150 valence electrons. The van der Waals surface area contributed by atoms with Crippen LogP contribution in [0.1, 0.15) is 37.1 Å². The molecule has 0 unspecified atom stereocenters. The van der Waals surface area contributed by atoms with E-state index in [1.807, 2.05) is 12.4 Å². The molecule has 2 saturated heterocycles. The van der Waals surface area contributed by atoms with Crippen LogP contribution in [0.3, 0.4) is 0 Å². The van der Waals surface area contributed by atoms with Crippen LogP contribution >= 0.6 is 0 Å². The highest BCUT2D eigenvalue weighted by atomic mass is 16.1. The summed E-state index contributed by atoms with van der Waals surface area (Å²) >= 11 is 0. The quantitative estimate of drug-likeness (QED) is 0.797. The van der Waals surface area contributed by atoms with Crippen LogP contribution in [0.5, 0.6) is 0 Å². The molecule has 2 aliphatic rings. The minimum absolute atomic E-state index is 0.0959. The van der Waals surface area contributed by atoms with Gasteiger partial charge in [0.1, 0.15) is 5.82 Å². The number of H-pyrrole nitrogens is 1. The Balaban J connectivity index is 1.23. The van der Waals surface area contributed by atoms with E-state index >= 15 is 0 Å². The first-order valence-corrected chi connectivity index (χ1v) is 10.4. The summed E-state index contributed by atoms with van der Waals surface area (Å²) in [6, 6.07) is 4.81. The standard InChI is InChI=1S/C21H30N6O/c28-21(25-14-20-23-9-10-24-20)18-2-1-11-27(16-18)19-5-12-26(13-6-19)15-17-3-7-22-8-4-17/h3-4,7-10,18-19H,1-2,5-6,11-16H2,(H,23,24)(H,25,28)/t18-/m0/s1. The van der Waals surface area contributed by atoms with Gasteiger partial charge in [0.2, 0.25) is 5.91 Å². The van der Waals surface area contributed by atoms with Crippen molar-refractivity contribution in [2.75, 3.05) is 26.2 Å². The lowest BCUT2D eigenvalue weighted by molar-refractivity contribution is -0.127. The number of aromatic amines is 1. The van der Waals surface area contributed by atoms with Crippen LogP contribution in [0.25, 0.3) is 0 Å². The molecular weight excluding hydrogens is 352 g/mol. The van der Waals surface area contributed by atoms with E-state index in [0.717, 1.165) is 51.4 Å². The number of aromatic nitrogens is 3. The predicted octanol–water partition coefficient (Wildman–Crippen LogP) is 1.80. The predicted molar refractivity (Wildman–Crippen MR) is 107 cm³/mol. The molecule has 7 heteroatoms. The van der Waals surface area contributed by atoms with Gasteiger partial charge in [-0.15, -0.1) is 0 Å². The molecule has 4 heterocycles. The van der Waals surface area contributed by atoms with E-state index in [1.54, 1.807) is 12.4 Å². The first kappa shape index (κ1) is 19.1. The number of rotatable bonds is 6. The minimum atomic E-state index is 0.0959. The van der Waals surface area contributed by atoms with E-state index in [0.29, 0.717) is 12.6 Å². The Hall–Kier alpha value is -2.25. The van der Waals surface area contributed by atoms with E-state index in [1.165, 1.54) is 18.4 Å². The summed E-state index contributed by atoms with van der Waals surface area (Å²) in [5, 5.41) is 3.04. The van der Waals surface area contributed by atoms with Crippen LogP contribution in [0.15, 0.2) is 36.9 Å². The Bertz CT molecular complexity index is 727. The van der Waals surface area contributed by atoms with Gasteiger partial charge in [0.15, 0.2) is 0 Å². The summed E-state index contributed by atoms with van der Waals surface area (Å²) in [5.41, 5.74) is 1.33. The Labute approximate surface area is 166 Å². The van der Waals surface area contributed by atoms with Crippen molar-refractivity contribution in [1.82, 2.24) is 30.1 Å². The molecule has 0 saturated carbocycles. The first-order valence-electron chi connectivity index (χ1n) is 10.4. The van der Waals surface area contributed by atoms with Gasteiger partial charge in [0.25, 0.3) is 0 Å². The monoisotopic (exact) mass is 382 g/mol. The number of carbonyl (C=O) groups excluding carboxylic acids is 1. The van der Waals surface area contributed by atoms with Crippen molar-refractivity contribution >= 4 is 5.91 Å². The number of imidazole rings is 1. The fourth-order valence-corrected chi connectivity index (χ4v) is 4.45. The molecule has 2 N–H and O–H groups in total. The lowest BCUT2D eigenvalue weighted by Gasteiger charge is -2.42. The number of amides is 1. The number of carbonyl (C=O) groups is 1. The van der Waals surface area contributed by atoms with Crippen molar-refractivity contribution in [2.24, 2.45) is 5.92 Å². The average Bonchev–Trinajstić information content (AvgIpc) is 3.27. The summed E-state index contributed by atoms with van der Waals surface area (Å²) in [5.74, 6) is 1.07. The van der Waals surface area contributed by atoms with Gasteiger partial charge in [-0.05, 0) is 63.0 Å². The zero-order valence-electron chi connectivity index (χ0n) is 16.4. The van der Waals surface area contributed by atoms with E-state index in [2.05, 4.69) is 42.2 Å². The molecule has 7 nitrogen and oxygen atoms in total. The van der Waals surface area contributed by atoms with Gasteiger partial charge in [-0.25, -0.2) is 4.98 Å². The number of piperidine rings is 2. The van der Waals surface area contributed by atoms with Crippen molar-refractivity contribution < 1.29 is 4.79 Å². The van der Waals surface area contributed by atoms with Gasteiger partial charge < -0.3 is 10.3 Å². The van der Waals surface area contributed by atoms with Crippen molar-refractivity contribution in [3.63, 3.8) is 0 Å². The highest BCUT2D eigenvalue weighted by molar-refractivity contribution is 5.78. The summed E-state index contributed by atoms with van der Waals surface area (Å²) in [6.45, 7) is 5.75. The second-order valence-electron chi connectivity index (χ2n) is 7.95. The maximum absolute atomic E-state index is 12.6. The Morgan fingerprint density at radius 1 is 1.14 bits per heavy atom. The van der Waals surface area contributed by atoms with Crippen molar-refractivity contribution in [3.8, 4) is 0 Å². The maximum Gasteiger partial charge on any atom is 0.224 e. The van der Waals surface area contributed by atoms with Gasteiger partial charge in [0.05, 0.1) is 12.5 Å². The van der Waals surface area contributed by atoms with E-state index < -0.39 is 0 Å². The second kappa shape index (κ2) is 9.30. The number of likely N-dealkylation sites (tertiary alicyclic amines) is 2. The molecule has 28 heavy (non-hydrogen) atoms. The lowest BCUT2D eigenvalue weighted by atomic mass is 9.93. The molecule has 2 aromatic heterocycles. The fraction of sp³-hybridized carbons (Fsp3) is 0.571. The molecule has 0 spiro atoms. The van der Waals surface area contributed by atoms with Gasteiger partial charge in [-0.2, -0.15) is 0 Å². The third kappa shape index (κ3) is 4.97. The molecule has 1 amide bonds. The minimum Gasteiger partial charge on any atom is -0.349 e. The molecule has 2 fully saturated rings. The topological polar surface area (TPSA) is 77.2 Å². The van der Waals surface area contributed by atoms with Gasteiger partial charge in [-0.3, -0.25) is 19.6 Å². The number of pyridine rings is 1. The number of hydrogen-bond acceptors (Lipinski definition) is 5. The molecule has 0 aromatic carbocycles. The van der Waals surface area contributed by atoms with Crippen LogP contribution in [-0.2, 0) is 17.9 Å². The zero-order chi connectivity index (χ0) is 19.2. The fourth-order valence-electron chi connectivity index (χ4n) is 4.45. The van der Waals surface area contributed by atoms with Crippen LogP contribution in [0.4, 0.5) is 0 Å². The van der Waals surface area contributed by atoms with Crippen LogP contribution in [0, 0.1) is 5.92 Å². The molecule has 0 radical (unpaired) electrons. The molecule has 4 rings (SSSR count). The maximum atomic E-state index is 12.6. The smallest absolute Gasteiger partial charge is 0.224 e. The number of nitrogens with zero attached hydrogens (tertiary/aromatic N) is 4. The van der Waals surface area contributed by atoms with Crippen molar-refractivity contribution in [1.29, 1.82) is 0 Å². The van der Waals surface area contributed by atoms with Crippen molar-refractivity contribution in [3.05, 3.63) is 48.3 Å². The van der Waals surface area contributed by atoms with E-state index in [9.17, 15) is 4.79 Å². The summed E-state index contributed by atoms with van der Waals surface area (Å²) in [7, 11) is 0. The Kier molecular flexibility index (Phi) is 6.34. The highest BCUT2D eigenvalue weighted by Crippen LogP contribution is 2.24. The molecule has 1 atom stereocenters. The number of nitrogens with one attached hydrogen (secondary N) is 2. The SMILES string of the molecule is O=C(NCc1ncc[nH]1)[C@H]1CCCN(C2CCN(Cc3ccncc3)CC2)C1.